The van der Waals surface area contributed by atoms with Crippen molar-refractivity contribution in [2.45, 2.75) is 25.7 Å². The first-order valence-corrected chi connectivity index (χ1v) is 10.0. The van der Waals surface area contributed by atoms with Gasteiger partial charge in [-0.3, -0.25) is 24.1 Å². The molecule has 164 valence electrons. The summed E-state index contributed by atoms with van der Waals surface area (Å²) in [5.74, 6) is -2.53. The number of amides is 4. The number of rotatable bonds is 2. The van der Waals surface area contributed by atoms with Crippen LogP contribution in [-0.4, -0.2) is 23.6 Å². The Kier molecular flexibility index (Phi) is 5.07. The minimum Gasteiger partial charge on any atom is -0.407 e. The van der Waals surface area contributed by atoms with Crippen LogP contribution >= 0.6 is 0 Å². The number of nitrogen functional groups attached to an aromatic ring is 2. The van der Waals surface area contributed by atoms with Gasteiger partial charge in [0.15, 0.2) is 0 Å². The molecule has 2 fully saturated rings. The lowest BCUT2D eigenvalue weighted by Crippen LogP contribution is -2.62. The molecule has 10 nitrogen and oxygen atoms in total. The van der Waals surface area contributed by atoms with Gasteiger partial charge in [-0.2, -0.15) is 5.26 Å². The minimum absolute atomic E-state index is 0.0471. The van der Waals surface area contributed by atoms with Gasteiger partial charge in [-0.15, -0.1) is 0 Å². The van der Waals surface area contributed by atoms with Gasteiger partial charge in [0.25, 0.3) is 0 Å². The summed E-state index contributed by atoms with van der Waals surface area (Å²) in [4.78, 5) is 57.8. The third-order valence-electron chi connectivity index (χ3n) is 6.06. The van der Waals surface area contributed by atoms with Gasteiger partial charge in [-0.1, -0.05) is 0 Å². The lowest BCUT2D eigenvalue weighted by atomic mass is 9.71. The number of carbonyl (C=O) groups is 4. The van der Waals surface area contributed by atoms with Crippen LogP contribution in [0, 0.1) is 23.3 Å². The zero-order valence-electron chi connectivity index (χ0n) is 17.4. The molecular weight excluding hydrogens is 424 g/mol. The van der Waals surface area contributed by atoms with Gasteiger partial charge in [0.05, 0.1) is 17.8 Å². The van der Waals surface area contributed by atoms with E-state index >= 15 is 0 Å². The number of nitriles is 1. The smallest absolute Gasteiger partial charge is 0.249 e. The molecule has 2 heterocycles. The highest BCUT2D eigenvalue weighted by Crippen LogP contribution is 2.44. The number of nitrogens with two attached hydrogens (primary N) is 2. The summed E-state index contributed by atoms with van der Waals surface area (Å²) in [6, 6.07) is 10.3. The Bertz CT molecular complexity index is 1220. The molecule has 0 unspecified atom stereocenters. The standard InChI is InChI=1S/C23H18N6O4/c1-27-18-11-15(3-5-17(18)26)29-20(31)7-9-23(22(29)33)8-6-19(30)28(21(23)32)14-2-4-16(25)13(10-14)12-24/h2-5,10-11H,6-9,25-26H2/t23-/m0/s1. The minimum atomic E-state index is -1.63. The molecule has 0 aliphatic carbocycles. The molecule has 10 heteroatoms. The van der Waals surface area contributed by atoms with Crippen molar-refractivity contribution in [3.8, 4) is 6.07 Å². The normalized spacial score (nSPS) is 20.7. The van der Waals surface area contributed by atoms with E-state index in [1.807, 2.05) is 6.07 Å². The van der Waals surface area contributed by atoms with Crippen molar-refractivity contribution in [1.29, 1.82) is 5.26 Å². The van der Waals surface area contributed by atoms with Crippen LogP contribution < -0.4 is 21.3 Å². The van der Waals surface area contributed by atoms with E-state index in [1.54, 1.807) is 0 Å². The van der Waals surface area contributed by atoms with Crippen molar-refractivity contribution < 1.29 is 19.2 Å². The topological polar surface area (TPSA) is 155 Å². The molecule has 2 aromatic rings. The van der Waals surface area contributed by atoms with Crippen LogP contribution in [0.15, 0.2) is 36.4 Å². The second-order valence-electron chi connectivity index (χ2n) is 7.89. The Hall–Kier alpha value is -4.70. The molecule has 0 aromatic heterocycles. The molecule has 2 aliphatic heterocycles. The number of benzene rings is 2. The lowest BCUT2D eigenvalue weighted by Gasteiger charge is -2.44. The third-order valence-corrected chi connectivity index (χ3v) is 6.06. The highest BCUT2D eigenvalue weighted by atomic mass is 16.2. The largest absolute Gasteiger partial charge is 0.407 e. The zero-order valence-corrected chi connectivity index (χ0v) is 17.4. The summed E-state index contributed by atoms with van der Waals surface area (Å²) in [6.07, 6.45) is -0.285. The van der Waals surface area contributed by atoms with Crippen molar-refractivity contribution in [2.75, 3.05) is 21.3 Å². The van der Waals surface area contributed by atoms with Gasteiger partial charge in [0.1, 0.15) is 11.5 Å². The number of anilines is 4. The average molecular weight is 442 g/mol. The Morgan fingerprint density at radius 2 is 1.39 bits per heavy atom. The zero-order chi connectivity index (χ0) is 23.9. The maximum absolute atomic E-state index is 13.6. The fourth-order valence-corrected chi connectivity index (χ4v) is 4.23. The van der Waals surface area contributed by atoms with E-state index in [-0.39, 0.29) is 59.7 Å². The fourth-order valence-electron chi connectivity index (χ4n) is 4.23. The highest BCUT2D eigenvalue weighted by molar-refractivity contribution is 6.31. The molecular formula is C23H18N6O4. The maximum atomic E-state index is 13.6. The molecule has 2 saturated heterocycles. The quantitative estimate of drug-likeness (QED) is 0.313. The Morgan fingerprint density at radius 3 is 1.91 bits per heavy atom. The predicted octanol–water partition coefficient (Wildman–Crippen LogP) is 2.27. The fraction of sp³-hybridized carbons (Fsp3) is 0.217. The monoisotopic (exact) mass is 442 g/mol. The molecule has 0 bridgehead atoms. The molecule has 4 amide bonds. The number of piperidine rings is 2. The van der Waals surface area contributed by atoms with Gasteiger partial charge in [0.2, 0.25) is 29.3 Å². The first-order valence-electron chi connectivity index (χ1n) is 10.0. The van der Waals surface area contributed by atoms with E-state index in [0.29, 0.717) is 0 Å². The molecule has 33 heavy (non-hydrogen) atoms. The number of nitrogens with zero attached hydrogens (tertiary/aromatic N) is 4. The molecule has 1 spiro atoms. The summed E-state index contributed by atoms with van der Waals surface area (Å²) in [6.45, 7) is 7.24. The van der Waals surface area contributed by atoms with Crippen LogP contribution in [0.4, 0.5) is 28.4 Å². The molecule has 1 atom stereocenters. The molecule has 0 saturated carbocycles. The van der Waals surface area contributed by atoms with Crippen molar-refractivity contribution >= 4 is 52.1 Å². The van der Waals surface area contributed by atoms with Gasteiger partial charge in [0, 0.05) is 29.9 Å². The number of carbonyl (C=O) groups excluding carboxylic acids is 4. The van der Waals surface area contributed by atoms with Crippen LogP contribution in [0.1, 0.15) is 31.2 Å². The molecule has 2 aliphatic rings. The molecule has 0 radical (unpaired) electrons. The maximum Gasteiger partial charge on any atom is 0.249 e. The Morgan fingerprint density at radius 1 is 0.879 bits per heavy atom. The van der Waals surface area contributed by atoms with Gasteiger partial charge in [-0.25, -0.2) is 9.74 Å². The molecule has 2 aromatic carbocycles. The van der Waals surface area contributed by atoms with Crippen molar-refractivity contribution in [3.05, 3.63) is 53.4 Å². The van der Waals surface area contributed by atoms with Crippen LogP contribution in [0.25, 0.3) is 4.85 Å². The first kappa shape index (κ1) is 21.5. The SMILES string of the molecule is [C-]#[N+]c1cc(N2C(=O)CC[C@]3(CCC(=O)N(c4ccc(N)c(C#N)c4)C3=O)C2=O)ccc1N. The van der Waals surface area contributed by atoms with E-state index in [4.69, 9.17) is 18.0 Å². The Labute approximate surface area is 188 Å². The van der Waals surface area contributed by atoms with Crippen molar-refractivity contribution in [2.24, 2.45) is 5.41 Å². The van der Waals surface area contributed by atoms with Gasteiger partial charge in [-0.05, 0) is 49.2 Å². The number of imide groups is 2. The van der Waals surface area contributed by atoms with Crippen LogP contribution in [0.5, 0.6) is 0 Å². The van der Waals surface area contributed by atoms with E-state index in [1.165, 1.54) is 36.4 Å². The Balaban J connectivity index is 1.77. The molecule has 4 rings (SSSR count). The number of hydrogen-bond donors (Lipinski definition) is 2. The predicted molar refractivity (Wildman–Crippen MR) is 119 cm³/mol. The summed E-state index contributed by atoms with van der Waals surface area (Å²) in [5, 5.41) is 9.26. The van der Waals surface area contributed by atoms with E-state index < -0.39 is 29.0 Å². The van der Waals surface area contributed by atoms with E-state index in [2.05, 4.69) is 4.85 Å². The summed E-state index contributed by atoms with van der Waals surface area (Å²) in [7, 11) is 0. The second kappa shape index (κ2) is 7.77. The lowest BCUT2D eigenvalue weighted by molar-refractivity contribution is -0.149. The third kappa shape index (κ3) is 3.25. The van der Waals surface area contributed by atoms with E-state index in [0.717, 1.165) is 9.80 Å². The van der Waals surface area contributed by atoms with Crippen LogP contribution in [0.3, 0.4) is 0 Å². The first-order chi connectivity index (χ1) is 15.7. The molecule has 4 N–H and O–H groups in total. The summed E-state index contributed by atoms with van der Waals surface area (Å²) in [5.41, 5.74) is 10.7. The summed E-state index contributed by atoms with van der Waals surface area (Å²) >= 11 is 0. The van der Waals surface area contributed by atoms with E-state index in [9.17, 15) is 24.4 Å². The van der Waals surface area contributed by atoms with Crippen molar-refractivity contribution in [3.63, 3.8) is 0 Å². The van der Waals surface area contributed by atoms with Gasteiger partial charge >= 0.3 is 0 Å². The second-order valence-corrected chi connectivity index (χ2v) is 7.89. The number of hydrogen-bond acceptors (Lipinski definition) is 7. The highest BCUT2D eigenvalue weighted by Gasteiger charge is 2.57. The van der Waals surface area contributed by atoms with Crippen molar-refractivity contribution in [1.82, 2.24) is 0 Å². The van der Waals surface area contributed by atoms with Crippen LogP contribution in [-0.2, 0) is 19.2 Å². The van der Waals surface area contributed by atoms with Crippen LogP contribution in [0.2, 0.25) is 0 Å². The van der Waals surface area contributed by atoms with Gasteiger partial charge < -0.3 is 11.5 Å². The average Bonchev–Trinajstić information content (AvgIpc) is 2.80. The summed E-state index contributed by atoms with van der Waals surface area (Å²) < 4.78 is 0.